The van der Waals surface area contributed by atoms with Crippen molar-refractivity contribution in [3.8, 4) is 0 Å². The Morgan fingerprint density at radius 1 is 1.58 bits per heavy atom. The molecule has 0 aliphatic rings. The fourth-order valence-electron chi connectivity index (χ4n) is 0.882. The van der Waals surface area contributed by atoms with Crippen molar-refractivity contribution in [3.63, 3.8) is 0 Å². The maximum absolute atomic E-state index is 5.51. The number of nitrogens with two attached hydrogens (primary N) is 1. The monoisotopic (exact) mass is 170 g/mol. The van der Waals surface area contributed by atoms with Gasteiger partial charge in [-0.2, -0.15) is 0 Å². The number of rotatable bonds is 4. The Morgan fingerprint density at radius 3 is 2.83 bits per heavy atom. The summed E-state index contributed by atoms with van der Waals surface area (Å²) in [5.41, 5.74) is 6.41. The molecule has 0 saturated heterocycles. The third-order valence-electron chi connectivity index (χ3n) is 1.67. The van der Waals surface area contributed by atoms with Crippen LogP contribution in [-0.2, 0) is 11.3 Å². The first kappa shape index (κ1) is 8.99. The predicted octanol–water partition coefficient (Wildman–Crippen LogP) is 0.205. The molecule has 68 valence electrons. The molecule has 5 heteroatoms. The third kappa shape index (κ3) is 1.94. The summed E-state index contributed by atoms with van der Waals surface area (Å²) in [7, 11) is 0. The van der Waals surface area contributed by atoms with Crippen molar-refractivity contribution < 1.29 is 4.74 Å². The van der Waals surface area contributed by atoms with Crippen molar-refractivity contribution in [2.75, 3.05) is 18.9 Å². The van der Waals surface area contributed by atoms with Gasteiger partial charge in [0.05, 0.1) is 18.8 Å². The lowest BCUT2D eigenvalue weighted by Gasteiger charge is -2.02. The van der Waals surface area contributed by atoms with Crippen LogP contribution in [0.4, 0.5) is 5.82 Å². The molecule has 0 amide bonds. The lowest BCUT2D eigenvalue weighted by Crippen LogP contribution is -2.09. The molecule has 0 aliphatic carbocycles. The summed E-state index contributed by atoms with van der Waals surface area (Å²) in [5, 5.41) is 7.58. The average molecular weight is 170 g/mol. The molecule has 0 unspecified atom stereocenters. The molecule has 0 aromatic carbocycles. The Morgan fingerprint density at radius 2 is 2.33 bits per heavy atom. The molecule has 1 heterocycles. The summed E-state index contributed by atoms with van der Waals surface area (Å²) in [5.74, 6) is 0.492. The second-order valence-electron chi connectivity index (χ2n) is 2.48. The summed E-state index contributed by atoms with van der Waals surface area (Å²) in [6.07, 6.45) is 0. The summed E-state index contributed by atoms with van der Waals surface area (Å²) in [6, 6.07) is 0. The van der Waals surface area contributed by atoms with Crippen LogP contribution in [0.5, 0.6) is 0 Å². The minimum atomic E-state index is 0.492. The van der Waals surface area contributed by atoms with Crippen molar-refractivity contribution in [2.24, 2.45) is 0 Å². The number of anilines is 1. The van der Waals surface area contributed by atoms with Gasteiger partial charge in [-0.1, -0.05) is 5.21 Å². The topological polar surface area (TPSA) is 66.0 Å². The highest BCUT2D eigenvalue weighted by molar-refractivity contribution is 5.31. The number of aromatic nitrogens is 3. The zero-order valence-electron chi connectivity index (χ0n) is 7.45. The van der Waals surface area contributed by atoms with Crippen LogP contribution < -0.4 is 5.73 Å². The second-order valence-corrected chi connectivity index (χ2v) is 2.48. The first-order valence-corrected chi connectivity index (χ1v) is 3.99. The number of nitrogens with zero attached hydrogens (tertiary/aromatic N) is 3. The van der Waals surface area contributed by atoms with Crippen LogP contribution in [0.25, 0.3) is 0 Å². The molecule has 0 atom stereocenters. The molecular formula is C7H14N4O. The smallest absolute Gasteiger partial charge is 0.168 e. The molecule has 1 rings (SSSR count). The van der Waals surface area contributed by atoms with Crippen molar-refractivity contribution in [1.29, 1.82) is 0 Å². The molecule has 0 bridgehead atoms. The molecule has 0 spiro atoms. The van der Waals surface area contributed by atoms with Crippen LogP contribution in [0.3, 0.4) is 0 Å². The van der Waals surface area contributed by atoms with Gasteiger partial charge in [-0.05, 0) is 13.8 Å². The molecule has 0 aliphatic heterocycles. The summed E-state index contributed by atoms with van der Waals surface area (Å²) in [4.78, 5) is 0. The van der Waals surface area contributed by atoms with E-state index < -0.39 is 0 Å². The van der Waals surface area contributed by atoms with E-state index in [0.717, 1.165) is 12.3 Å². The van der Waals surface area contributed by atoms with Gasteiger partial charge >= 0.3 is 0 Å². The van der Waals surface area contributed by atoms with Crippen molar-refractivity contribution >= 4 is 5.82 Å². The third-order valence-corrected chi connectivity index (χ3v) is 1.67. The molecule has 5 nitrogen and oxygen atoms in total. The van der Waals surface area contributed by atoms with E-state index >= 15 is 0 Å². The van der Waals surface area contributed by atoms with Gasteiger partial charge in [-0.3, -0.25) is 0 Å². The highest BCUT2D eigenvalue weighted by atomic mass is 16.5. The van der Waals surface area contributed by atoms with Gasteiger partial charge in [0, 0.05) is 6.61 Å². The minimum Gasteiger partial charge on any atom is -0.381 e. The number of ether oxygens (including phenoxy) is 1. The first-order chi connectivity index (χ1) is 5.75. The summed E-state index contributed by atoms with van der Waals surface area (Å²) >= 11 is 0. The second kappa shape index (κ2) is 4.06. The van der Waals surface area contributed by atoms with Crippen molar-refractivity contribution in [2.45, 2.75) is 20.4 Å². The van der Waals surface area contributed by atoms with E-state index in [2.05, 4.69) is 10.3 Å². The van der Waals surface area contributed by atoms with Gasteiger partial charge in [-0.15, -0.1) is 5.10 Å². The lowest BCUT2D eigenvalue weighted by molar-refractivity contribution is 0.135. The minimum absolute atomic E-state index is 0.492. The number of hydrogen-bond donors (Lipinski definition) is 1. The van der Waals surface area contributed by atoms with Crippen LogP contribution in [0.1, 0.15) is 12.6 Å². The summed E-state index contributed by atoms with van der Waals surface area (Å²) < 4.78 is 6.91. The van der Waals surface area contributed by atoms with Gasteiger partial charge in [-0.25, -0.2) is 4.68 Å². The quantitative estimate of drug-likeness (QED) is 0.656. The largest absolute Gasteiger partial charge is 0.381 e. The Kier molecular flexibility index (Phi) is 3.04. The standard InChI is InChI=1S/C7H14N4O/c1-3-12-5-4-11-6(2)7(8)9-10-11/h3-5,8H2,1-2H3. The van der Waals surface area contributed by atoms with Gasteiger partial charge in [0.15, 0.2) is 5.82 Å². The maximum atomic E-state index is 5.51. The summed E-state index contributed by atoms with van der Waals surface area (Å²) in [6.45, 7) is 5.94. The maximum Gasteiger partial charge on any atom is 0.168 e. The van der Waals surface area contributed by atoms with Gasteiger partial charge in [0.25, 0.3) is 0 Å². The fraction of sp³-hybridized carbons (Fsp3) is 0.714. The van der Waals surface area contributed by atoms with Gasteiger partial charge < -0.3 is 10.5 Å². The normalized spacial score (nSPS) is 10.5. The van der Waals surface area contributed by atoms with Crippen LogP contribution in [0.2, 0.25) is 0 Å². The van der Waals surface area contributed by atoms with Crippen LogP contribution in [0, 0.1) is 6.92 Å². The van der Waals surface area contributed by atoms with Gasteiger partial charge in [0.1, 0.15) is 0 Å². The Hall–Kier alpha value is -1.10. The molecule has 1 aromatic heterocycles. The zero-order chi connectivity index (χ0) is 8.97. The van der Waals surface area contributed by atoms with E-state index in [9.17, 15) is 0 Å². The highest BCUT2D eigenvalue weighted by Gasteiger charge is 2.02. The van der Waals surface area contributed by atoms with E-state index in [1.165, 1.54) is 0 Å². The highest BCUT2D eigenvalue weighted by Crippen LogP contribution is 2.03. The first-order valence-electron chi connectivity index (χ1n) is 3.99. The predicted molar refractivity (Wildman–Crippen MR) is 45.7 cm³/mol. The number of nitrogen functional groups attached to an aromatic ring is 1. The lowest BCUT2D eigenvalue weighted by atomic mass is 10.5. The van der Waals surface area contributed by atoms with E-state index in [1.807, 2.05) is 13.8 Å². The average Bonchev–Trinajstić information content (AvgIpc) is 2.36. The van der Waals surface area contributed by atoms with Crippen LogP contribution >= 0.6 is 0 Å². The van der Waals surface area contributed by atoms with E-state index in [1.54, 1.807) is 4.68 Å². The molecule has 1 aromatic rings. The van der Waals surface area contributed by atoms with E-state index in [4.69, 9.17) is 10.5 Å². The Labute approximate surface area is 71.5 Å². The molecule has 0 fully saturated rings. The number of hydrogen-bond acceptors (Lipinski definition) is 4. The SMILES string of the molecule is CCOCCn1nnc(N)c1C. The van der Waals surface area contributed by atoms with Crippen molar-refractivity contribution in [1.82, 2.24) is 15.0 Å². The van der Waals surface area contributed by atoms with Gasteiger partial charge in [0.2, 0.25) is 0 Å². The van der Waals surface area contributed by atoms with Crippen LogP contribution in [-0.4, -0.2) is 28.2 Å². The van der Waals surface area contributed by atoms with Crippen LogP contribution in [0.15, 0.2) is 0 Å². The molecule has 0 radical (unpaired) electrons. The van der Waals surface area contributed by atoms with E-state index in [0.29, 0.717) is 19.0 Å². The molecule has 12 heavy (non-hydrogen) atoms. The molecule has 0 saturated carbocycles. The van der Waals surface area contributed by atoms with Crippen molar-refractivity contribution in [3.05, 3.63) is 5.69 Å². The Balaban J connectivity index is 2.46. The fourth-order valence-corrected chi connectivity index (χ4v) is 0.882. The van der Waals surface area contributed by atoms with E-state index in [-0.39, 0.29) is 0 Å². The molecular weight excluding hydrogens is 156 g/mol. The zero-order valence-corrected chi connectivity index (χ0v) is 7.45. The Bertz CT molecular complexity index is 246. The molecule has 2 N–H and O–H groups in total.